The second-order valence-electron chi connectivity index (χ2n) is 4.39. The first-order valence-electron chi connectivity index (χ1n) is 7.02. The van der Waals surface area contributed by atoms with Crippen molar-refractivity contribution in [2.24, 2.45) is 4.99 Å². The number of imidazole rings is 1. The van der Waals surface area contributed by atoms with Gasteiger partial charge in [-0.2, -0.15) is 5.26 Å². The predicted octanol–water partition coefficient (Wildman–Crippen LogP) is 3.85. The number of aliphatic imine (C=N–C) groups is 1. The van der Waals surface area contributed by atoms with Gasteiger partial charge in [0.25, 0.3) is 0 Å². The van der Waals surface area contributed by atoms with Gasteiger partial charge in [-0.1, -0.05) is 18.2 Å². The molecule has 2 rings (SSSR count). The lowest BCUT2D eigenvalue weighted by atomic mass is 10.3. The second-order valence-corrected chi connectivity index (χ2v) is 4.39. The summed E-state index contributed by atoms with van der Waals surface area (Å²) >= 11 is 0. The number of hydrogen-bond acceptors (Lipinski definition) is 4. The van der Waals surface area contributed by atoms with Crippen LogP contribution in [-0.4, -0.2) is 15.8 Å². The molecule has 1 aromatic rings. The molecule has 0 radical (unpaired) electrons. The third-order valence-electron chi connectivity index (χ3n) is 2.74. The molecular weight excluding hydrogens is 288 g/mol. The Balaban J connectivity index is 2.22. The van der Waals surface area contributed by atoms with Crippen molar-refractivity contribution >= 4 is 18.5 Å². The first kappa shape index (κ1) is 16.0. The minimum Gasteiger partial charge on any atom is -0.471 e. The summed E-state index contributed by atoms with van der Waals surface area (Å²) < 4.78 is 7.03. The topological polar surface area (TPSA) is 63.2 Å². The molecule has 1 aromatic heterocycles. The van der Waals surface area contributed by atoms with Crippen molar-refractivity contribution in [3.63, 3.8) is 0 Å². The summed E-state index contributed by atoms with van der Waals surface area (Å²) in [6.07, 6.45) is 25.1. The number of nitrogens with zero attached hydrogens (tertiary/aromatic N) is 4. The maximum absolute atomic E-state index is 9.02. The fourth-order valence-electron chi connectivity index (χ4n) is 1.64. The number of fused-ring (bicyclic) bond motifs is 1. The Morgan fingerprint density at radius 2 is 2.13 bits per heavy atom. The molecule has 1 aliphatic rings. The molecule has 1 aliphatic heterocycles. The van der Waals surface area contributed by atoms with Gasteiger partial charge in [-0.3, -0.25) is 4.99 Å². The number of aromatic nitrogens is 2. The maximum atomic E-state index is 9.02. The summed E-state index contributed by atoms with van der Waals surface area (Å²) in [6, 6.07) is 2.05. The normalized spacial score (nSPS) is 15.2. The number of nitriles is 1. The van der Waals surface area contributed by atoms with Crippen molar-refractivity contribution in [2.45, 2.75) is 6.42 Å². The van der Waals surface area contributed by atoms with Crippen LogP contribution in [-0.2, 0) is 4.74 Å². The Hall–Kier alpha value is -3.39. The molecule has 5 nitrogen and oxygen atoms in total. The smallest absolute Gasteiger partial charge is 0.108 e. The van der Waals surface area contributed by atoms with Crippen LogP contribution < -0.4 is 0 Å². The van der Waals surface area contributed by atoms with E-state index in [2.05, 4.69) is 16.0 Å². The molecule has 23 heavy (non-hydrogen) atoms. The van der Waals surface area contributed by atoms with Crippen LogP contribution in [0.2, 0.25) is 0 Å². The summed E-state index contributed by atoms with van der Waals surface area (Å²) in [5, 5.41) is 9.02. The third kappa shape index (κ3) is 5.86. The minimum atomic E-state index is 0.419. The largest absolute Gasteiger partial charge is 0.471 e. The molecule has 2 heterocycles. The molecule has 5 heteroatoms. The zero-order valence-corrected chi connectivity index (χ0v) is 12.5. The lowest BCUT2D eigenvalue weighted by Crippen LogP contribution is -1.85. The summed E-state index contributed by atoms with van der Waals surface area (Å²) in [7, 11) is 0. The SMILES string of the molecule is N#CC1=COC=CC=CCC=NC=Cc2cncn2C=CC=C1. The highest BCUT2D eigenvalue weighted by atomic mass is 16.5. The quantitative estimate of drug-likeness (QED) is 0.731. The fraction of sp³-hybridized carbons (Fsp3) is 0.0556. The van der Waals surface area contributed by atoms with Crippen LogP contribution in [0.3, 0.4) is 0 Å². The van der Waals surface area contributed by atoms with Gasteiger partial charge in [-0.25, -0.2) is 4.98 Å². The summed E-state index contributed by atoms with van der Waals surface area (Å²) in [4.78, 5) is 8.30. The van der Waals surface area contributed by atoms with Gasteiger partial charge in [0.1, 0.15) is 12.3 Å². The van der Waals surface area contributed by atoms with Crippen LogP contribution in [0, 0.1) is 11.3 Å². The Labute approximate surface area is 135 Å². The zero-order valence-electron chi connectivity index (χ0n) is 12.5. The molecule has 0 bridgehead atoms. The van der Waals surface area contributed by atoms with Crippen LogP contribution in [0.25, 0.3) is 12.3 Å². The molecule has 0 aromatic carbocycles. The minimum absolute atomic E-state index is 0.419. The van der Waals surface area contributed by atoms with Crippen LogP contribution in [0.15, 0.2) is 78.3 Å². The lowest BCUT2D eigenvalue weighted by molar-refractivity contribution is 0.401. The van der Waals surface area contributed by atoms with Crippen molar-refractivity contribution in [1.29, 1.82) is 5.26 Å². The van der Waals surface area contributed by atoms with Crippen LogP contribution in [0.5, 0.6) is 0 Å². The van der Waals surface area contributed by atoms with Crippen LogP contribution in [0.1, 0.15) is 12.1 Å². The van der Waals surface area contributed by atoms with E-state index in [4.69, 9.17) is 10.00 Å². The first-order chi connectivity index (χ1) is 11.4. The standard InChI is InChI=1S/C18H16N4O/c19-13-17-7-3-5-11-22-16-21-14-18(22)8-10-20-9-4-1-2-6-12-23-15-17/h1-3,5-12,14-16H,4H2. The highest BCUT2D eigenvalue weighted by Crippen LogP contribution is 2.04. The molecule has 0 aliphatic carbocycles. The molecule has 0 unspecified atom stereocenters. The van der Waals surface area contributed by atoms with Gasteiger partial charge >= 0.3 is 0 Å². The van der Waals surface area contributed by atoms with Gasteiger partial charge in [0.2, 0.25) is 0 Å². The highest BCUT2D eigenvalue weighted by Gasteiger charge is 1.93. The number of hydrogen-bond donors (Lipinski definition) is 0. The van der Waals surface area contributed by atoms with E-state index in [0.717, 1.165) is 12.1 Å². The van der Waals surface area contributed by atoms with E-state index in [1.165, 1.54) is 12.5 Å². The second kappa shape index (κ2) is 9.53. The molecule has 0 fully saturated rings. The number of rotatable bonds is 0. The lowest BCUT2D eigenvalue weighted by Gasteiger charge is -1.95. The van der Waals surface area contributed by atoms with E-state index >= 15 is 0 Å². The Morgan fingerprint density at radius 1 is 1.17 bits per heavy atom. The van der Waals surface area contributed by atoms with Crippen molar-refractivity contribution in [3.05, 3.63) is 79.0 Å². The van der Waals surface area contributed by atoms with Crippen molar-refractivity contribution in [2.75, 3.05) is 0 Å². The van der Waals surface area contributed by atoms with Gasteiger partial charge in [-0.15, -0.1) is 0 Å². The zero-order chi connectivity index (χ0) is 16.2. The average molecular weight is 304 g/mol. The monoisotopic (exact) mass is 304 g/mol. The predicted molar refractivity (Wildman–Crippen MR) is 91.9 cm³/mol. The first-order valence-corrected chi connectivity index (χ1v) is 7.02. The summed E-state index contributed by atoms with van der Waals surface area (Å²) in [6.45, 7) is 0. The molecule has 0 spiro atoms. The summed E-state index contributed by atoms with van der Waals surface area (Å²) in [5.74, 6) is 0. The van der Waals surface area contributed by atoms with E-state index in [-0.39, 0.29) is 0 Å². The van der Waals surface area contributed by atoms with Gasteiger partial charge in [0.05, 0.1) is 30.1 Å². The van der Waals surface area contributed by atoms with Crippen molar-refractivity contribution in [1.82, 2.24) is 9.55 Å². The Bertz CT molecular complexity index is 752. The van der Waals surface area contributed by atoms with E-state index in [1.807, 2.05) is 35.1 Å². The van der Waals surface area contributed by atoms with Crippen molar-refractivity contribution < 1.29 is 4.74 Å². The van der Waals surface area contributed by atoms with Gasteiger partial charge in [0.15, 0.2) is 0 Å². The molecular formula is C18H16N4O. The van der Waals surface area contributed by atoms with Gasteiger partial charge in [0, 0.05) is 25.0 Å². The molecule has 0 amide bonds. The fourth-order valence-corrected chi connectivity index (χ4v) is 1.64. The average Bonchev–Trinajstić information content (AvgIpc) is 3.01. The molecule has 0 atom stereocenters. The van der Waals surface area contributed by atoms with Crippen LogP contribution >= 0.6 is 0 Å². The Morgan fingerprint density at radius 3 is 3.04 bits per heavy atom. The molecule has 0 N–H and O–H groups in total. The van der Waals surface area contributed by atoms with Gasteiger partial charge < -0.3 is 9.30 Å². The maximum Gasteiger partial charge on any atom is 0.108 e. The highest BCUT2D eigenvalue weighted by molar-refractivity contribution is 5.61. The van der Waals surface area contributed by atoms with E-state index in [0.29, 0.717) is 5.57 Å². The number of ether oxygens (including phenoxy) is 1. The summed E-state index contributed by atoms with van der Waals surface area (Å²) in [5.41, 5.74) is 1.33. The Kier molecular flexibility index (Phi) is 6.62. The molecule has 0 saturated carbocycles. The van der Waals surface area contributed by atoms with E-state index in [1.54, 1.807) is 43.2 Å². The van der Waals surface area contributed by atoms with Crippen LogP contribution in [0.4, 0.5) is 0 Å². The van der Waals surface area contributed by atoms with Crippen molar-refractivity contribution in [3.8, 4) is 6.07 Å². The number of allylic oxidation sites excluding steroid dienone is 7. The van der Waals surface area contributed by atoms with Gasteiger partial charge in [-0.05, 0) is 24.3 Å². The van der Waals surface area contributed by atoms with E-state index < -0.39 is 0 Å². The molecule has 114 valence electrons. The van der Waals surface area contributed by atoms with E-state index in [9.17, 15) is 0 Å². The molecule has 0 saturated heterocycles. The third-order valence-corrected chi connectivity index (χ3v) is 2.74.